The molecule has 0 saturated heterocycles. The van der Waals surface area contributed by atoms with Gasteiger partial charge in [-0.1, -0.05) is 19.6 Å². The van der Waals surface area contributed by atoms with Crippen molar-refractivity contribution in [2.75, 3.05) is 0 Å². The Morgan fingerprint density at radius 3 is 1.67 bits per heavy atom. The molecule has 0 spiro atoms. The van der Waals surface area contributed by atoms with Gasteiger partial charge in [0.25, 0.3) is 0 Å². The third kappa shape index (κ3) is 8.33. The molecular weight excluding hydrogens is 157 g/mol. The molecule has 0 aliphatic heterocycles. The van der Waals surface area contributed by atoms with Crippen molar-refractivity contribution in [2.24, 2.45) is 0 Å². The molecule has 9 heavy (non-hydrogen) atoms. The molecule has 0 aliphatic rings. The molecule has 4 nitrogen and oxygen atoms in total. The summed E-state index contributed by atoms with van der Waals surface area (Å²) in [6.07, 6.45) is 0. The lowest BCUT2D eigenvalue weighted by Gasteiger charge is -2.17. The van der Waals surface area contributed by atoms with Crippen molar-refractivity contribution in [3.05, 3.63) is 0 Å². The number of rotatable bonds is 2. The minimum absolute atomic E-state index is 1.81. The van der Waals surface area contributed by atoms with Crippen LogP contribution in [-0.4, -0.2) is 18.0 Å². The maximum Gasteiger partial charge on any atom is 0.393 e. The minimum atomic E-state index is -3.98. The molecular formula is C3H12NO3PSi. The van der Waals surface area contributed by atoms with E-state index in [4.69, 9.17) is 9.79 Å². The summed E-state index contributed by atoms with van der Waals surface area (Å²) in [5.41, 5.74) is 0. The average molecular weight is 169 g/mol. The highest BCUT2D eigenvalue weighted by atomic mass is 31.2. The molecule has 0 heterocycles. The highest BCUT2D eigenvalue weighted by molar-refractivity contribution is 7.52. The fourth-order valence-corrected chi connectivity index (χ4v) is 3.93. The first-order chi connectivity index (χ1) is 3.71. The molecule has 0 radical (unpaired) electrons. The summed E-state index contributed by atoms with van der Waals surface area (Å²) in [6, 6.07) is 0. The lowest BCUT2D eigenvalue weighted by atomic mass is 11.8. The molecule has 56 valence electrons. The molecule has 0 atom stereocenters. The zero-order valence-corrected chi connectivity index (χ0v) is 7.64. The third-order valence-electron chi connectivity index (χ3n) is 0.481. The normalized spacial score (nSPS) is 13.9. The Kier molecular flexibility index (Phi) is 2.61. The summed E-state index contributed by atoms with van der Waals surface area (Å²) in [7, 11) is -5.78. The second-order valence-electron chi connectivity index (χ2n) is 2.91. The molecule has 0 fully saturated rings. The van der Waals surface area contributed by atoms with Gasteiger partial charge < -0.3 is 9.79 Å². The first-order valence-electron chi connectivity index (χ1n) is 2.56. The van der Waals surface area contributed by atoms with Crippen LogP contribution in [-0.2, 0) is 4.57 Å². The van der Waals surface area contributed by atoms with Crippen LogP contribution in [0.3, 0.4) is 0 Å². The molecule has 0 aromatic heterocycles. The van der Waals surface area contributed by atoms with Crippen LogP contribution in [0.1, 0.15) is 0 Å². The maximum atomic E-state index is 10.3. The van der Waals surface area contributed by atoms with E-state index in [1.807, 2.05) is 19.6 Å². The Morgan fingerprint density at radius 1 is 1.33 bits per heavy atom. The standard InChI is InChI=1S/C3H12NO3PSi/c1-9(2,3)4-8(5,6)7/h1-3H3,(H3,4,5,6,7). The van der Waals surface area contributed by atoms with Crippen molar-refractivity contribution in [1.82, 2.24) is 4.75 Å². The highest BCUT2D eigenvalue weighted by Crippen LogP contribution is 2.30. The van der Waals surface area contributed by atoms with Gasteiger partial charge in [-0.25, -0.2) is 9.32 Å². The summed E-state index contributed by atoms with van der Waals surface area (Å²) in [5, 5.41) is 0. The van der Waals surface area contributed by atoms with Crippen molar-refractivity contribution in [3.8, 4) is 0 Å². The van der Waals surface area contributed by atoms with Crippen molar-refractivity contribution < 1.29 is 14.4 Å². The van der Waals surface area contributed by atoms with Crippen LogP contribution in [0.4, 0.5) is 0 Å². The Hall–Kier alpha value is 0.327. The van der Waals surface area contributed by atoms with Crippen LogP contribution in [0.2, 0.25) is 19.6 Å². The lowest BCUT2D eigenvalue weighted by Crippen LogP contribution is -2.38. The molecule has 3 N–H and O–H groups in total. The topological polar surface area (TPSA) is 69.6 Å². The molecule has 0 bridgehead atoms. The van der Waals surface area contributed by atoms with Crippen LogP contribution in [0.15, 0.2) is 0 Å². The summed E-state index contributed by atoms with van der Waals surface area (Å²) in [4.78, 5) is 16.8. The Morgan fingerprint density at radius 2 is 1.67 bits per heavy atom. The molecule has 0 rings (SSSR count). The van der Waals surface area contributed by atoms with Gasteiger partial charge in [0.15, 0.2) is 0 Å². The fourth-order valence-electron chi connectivity index (χ4n) is 0.437. The van der Waals surface area contributed by atoms with Gasteiger partial charge in [0, 0.05) is 0 Å². The molecule has 0 aromatic carbocycles. The van der Waals surface area contributed by atoms with E-state index in [-0.39, 0.29) is 0 Å². The average Bonchev–Trinajstić information content (AvgIpc) is 1.14. The second kappa shape index (κ2) is 2.52. The zero-order chi connectivity index (χ0) is 7.71. The van der Waals surface area contributed by atoms with Gasteiger partial charge in [0.1, 0.15) is 8.24 Å². The van der Waals surface area contributed by atoms with E-state index in [1.165, 1.54) is 0 Å². The predicted molar refractivity (Wildman–Crippen MR) is 38.5 cm³/mol. The van der Waals surface area contributed by atoms with Crippen LogP contribution < -0.4 is 4.75 Å². The molecule has 0 aromatic rings. The van der Waals surface area contributed by atoms with Gasteiger partial charge in [0.2, 0.25) is 0 Å². The maximum absolute atomic E-state index is 10.3. The molecule has 0 unspecified atom stereocenters. The van der Waals surface area contributed by atoms with E-state index >= 15 is 0 Å². The predicted octanol–water partition coefficient (Wildman–Crippen LogP) is 0.504. The van der Waals surface area contributed by atoms with Gasteiger partial charge in [-0.2, -0.15) is 0 Å². The first-order valence-corrected chi connectivity index (χ1v) is 7.67. The van der Waals surface area contributed by atoms with E-state index in [0.717, 1.165) is 0 Å². The summed E-state index contributed by atoms with van der Waals surface area (Å²) < 4.78 is 12.5. The Balaban J connectivity index is 3.90. The number of nitrogens with one attached hydrogen (secondary N) is 1. The number of hydrogen-bond acceptors (Lipinski definition) is 1. The molecule has 0 saturated carbocycles. The van der Waals surface area contributed by atoms with Gasteiger partial charge in [-0.15, -0.1) is 0 Å². The third-order valence-corrected chi connectivity index (χ3v) is 4.33. The molecule has 6 heteroatoms. The van der Waals surface area contributed by atoms with Gasteiger partial charge in [0.05, 0.1) is 0 Å². The SMILES string of the molecule is C[Si](C)(C)NP(=O)(O)O. The van der Waals surface area contributed by atoms with E-state index in [0.29, 0.717) is 0 Å². The van der Waals surface area contributed by atoms with Crippen molar-refractivity contribution in [3.63, 3.8) is 0 Å². The zero-order valence-electron chi connectivity index (χ0n) is 5.75. The number of hydrogen-bond donors (Lipinski definition) is 3. The smallest absolute Gasteiger partial charge is 0.313 e. The van der Waals surface area contributed by atoms with Crippen molar-refractivity contribution in [1.29, 1.82) is 0 Å². The molecule has 0 amide bonds. The van der Waals surface area contributed by atoms with E-state index in [9.17, 15) is 4.57 Å². The quantitative estimate of drug-likeness (QED) is 0.416. The van der Waals surface area contributed by atoms with Gasteiger partial charge in [-0.05, 0) is 0 Å². The van der Waals surface area contributed by atoms with Crippen LogP contribution in [0, 0.1) is 0 Å². The van der Waals surface area contributed by atoms with Crippen LogP contribution >= 0.6 is 7.75 Å². The first kappa shape index (κ1) is 9.33. The van der Waals surface area contributed by atoms with Gasteiger partial charge >= 0.3 is 7.75 Å². The van der Waals surface area contributed by atoms with E-state index < -0.39 is 16.0 Å². The second-order valence-corrected chi connectivity index (χ2v) is 9.39. The minimum Gasteiger partial charge on any atom is -0.313 e. The summed E-state index contributed by atoms with van der Waals surface area (Å²) >= 11 is 0. The Labute approximate surface area is 55.6 Å². The van der Waals surface area contributed by atoms with Crippen molar-refractivity contribution in [2.45, 2.75) is 19.6 Å². The van der Waals surface area contributed by atoms with E-state index in [1.54, 1.807) is 0 Å². The van der Waals surface area contributed by atoms with Crippen molar-refractivity contribution >= 4 is 16.0 Å². The van der Waals surface area contributed by atoms with Crippen LogP contribution in [0.5, 0.6) is 0 Å². The Bertz CT molecular complexity index is 136. The lowest BCUT2D eigenvalue weighted by molar-refractivity contribution is 0.367. The monoisotopic (exact) mass is 169 g/mol. The summed E-state index contributed by atoms with van der Waals surface area (Å²) in [6.45, 7) is 5.48. The highest BCUT2D eigenvalue weighted by Gasteiger charge is 2.23. The van der Waals surface area contributed by atoms with Gasteiger partial charge in [-0.3, -0.25) is 0 Å². The van der Waals surface area contributed by atoms with Crippen LogP contribution in [0.25, 0.3) is 0 Å². The fraction of sp³-hybridized carbons (Fsp3) is 1.00. The largest absolute Gasteiger partial charge is 0.393 e. The van der Waals surface area contributed by atoms with E-state index in [2.05, 4.69) is 4.75 Å². The summed E-state index contributed by atoms with van der Waals surface area (Å²) in [5.74, 6) is 0. The molecule has 0 aliphatic carbocycles.